The minimum Gasteiger partial charge on any atom is -0.493 e. The first-order valence-corrected chi connectivity index (χ1v) is 9.51. The number of nitrogens with zero attached hydrogens (tertiary/aromatic N) is 2. The van der Waals surface area contributed by atoms with Crippen molar-refractivity contribution < 1.29 is 9.15 Å². The predicted octanol–water partition coefficient (Wildman–Crippen LogP) is 4.67. The third-order valence-corrected chi connectivity index (χ3v) is 5.53. The van der Waals surface area contributed by atoms with Crippen molar-refractivity contribution in [3.63, 3.8) is 0 Å². The third-order valence-electron chi connectivity index (χ3n) is 3.71. The van der Waals surface area contributed by atoms with Gasteiger partial charge in [-0.15, -0.1) is 10.2 Å². The molecule has 0 atom stereocenters. The quantitative estimate of drug-likeness (QED) is 0.340. The molecule has 0 unspecified atom stereocenters. The summed E-state index contributed by atoms with van der Waals surface area (Å²) in [7, 11) is 1.54. The Bertz CT molecular complexity index is 1160. The van der Waals surface area contributed by atoms with Crippen LogP contribution in [-0.2, 0) is 0 Å². The summed E-state index contributed by atoms with van der Waals surface area (Å²) in [5, 5.41) is 13.4. The van der Waals surface area contributed by atoms with Crippen molar-refractivity contribution in [2.75, 3.05) is 12.4 Å². The second kappa shape index (κ2) is 7.04. The highest BCUT2D eigenvalue weighted by Crippen LogP contribution is 2.31. The third kappa shape index (κ3) is 3.17. The van der Waals surface area contributed by atoms with Gasteiger partial charge in [-0.2, -0.15) is 0 Å². The zero-order valence-electron chi connectivity index (χ0n) is 13.5. The van der Waals surface area contributed by atoms with Crippen molar-refractivity contribution in [2.45, 2.75) is 0 Å². The highest BCUT2D eigenvalue weighted by atomic mass is 127. The standard InChI is InChI=1S/C18H12IN3O3S/c1-24-14-8-4-5-10-9-11(17(23)25-15(10)14)16-21-22-18(26-16)20-13-7-3-2-6-12(13)19/h2-9H,1H3,(H,20,22). The molecule has 130 valence electrons. The Morgan fingerprint density at radius 1 is 1.15 bits per heavy atom. The molecule has 2 aromatic carbocycles. The molecule has 4 rings (SSSR count). The van der Waals surface area contributed by atoms with Crippen LogP contribution < -0.4 is 15.7 Å². The molecule has 0 aliphatic rings. The van der Waals surface area contributed by atoms with Crippen molar-refractivity contribution in [2.24, 2.45) is 0 Å². The smallest absolute Gasteiger partial charge is 0.346 e. The summed E-state index contributed by atoms with van der Waals surface area (Å²) in [5.74, 6) is 0.518. The van der Waals surface area contributed by atoms with Crippen molar-refractivity contribution in [3.8, 4) is 16.3 Å². The average Bonchev–Trinajstić information content (AvgIpc) is 3.11. The van der Waals surface area contributed by atoms with E-state index in [-0.39, 0.29) is 0 Å². The number of hydrogen-bond acceptors (Lipinski definition) is 7. The Kier molecular flexibility index (Phi) is 4.60. The van der Waals surface area contributed by atoms with Gasteiger partial charge in [-0.05, 0) is 46.9 Å². The van der Waals surface area contributed by atoms with E-state index in [0.717, 1.165) is 14.6 Å². The van der Waals surface area contributed by atoms with Crippen LogP contribution in [-0.4, -0.2) is 17.3 Å². The van der Waals surface area contributed by atoms with Crippen molar-refractivity contribution in [1.29, 1.82) is 0 Å². The summed E-state index contributed by atoms with van der Waals surface area (Å²) in [4.78, 5) is 12.4. The lowest BCUT2D eigenvalue weighted by molar-refractivity contribution is 0.407. The maximum Gasteiger partial charge on any atom is 0.346 e. The van der Waals surface area contributed by atoms with Crippen LogP contribution in [0.5, 0.6) is 5.75 Å². The molecule has 0 saturated heterocycles. The van der Waals surface area contributed by atoms with E-state index in [2.05, 4.69) is 38.1 Å². The van der Waals surface area contributed by atoms with Gasteiger partial charge in [0.25, 0.3) is 0 Å². The highest BCUT2D eigenvalue weighted by Gasteiger charge is 2.15. The summed E-state index contributed by atoms with van der Waals surface area (Å²) in [6.07, 6.45) is 0. The summed E-state index contributed by atoms with van der Waals surface area (Å²) >= 11 is 3.54. The van der Waals surface area contributed by atoms with Crippen molar-refractivity contribution in [3.05, 3.63) is 62.5 Å². The summed E-state index contributed by atoms with van der Waals surface area (Å²) in [6.45, 7) is 0. The number of benzene rings is 2. The molecule has 4 aromatic rings. The second-order valence-electron chi connectivity index (χ2n) is 5.34. The van der Waals surface area contributed by atoms with E-state index in [1.54, 1.807) is 12.1 Å². The molecule has 26 heavy (non-hydrogen) atoms. The van der Waals surface area contributed by atoms with Crippen LogP contribution >= 0.6 is 33.9 Å². The van der Waals surface area contributed by atoms with E-state index >= 15 is 0 Å². The molecule has 0 aliphatic heterocycles. The van der Waals surface area contributed by atoms with Gasteiger partial charge in [0, 0.05) is 8.96 Å². The Balaban J connectivity index is 1.73. The van der Waals surface area contributed by atoms with Crippen LogP contribution in [0.25, 0.3) is 21.5 Å². The molecule has 0 saturated carbocycles. The first-order chi connectivity index (χ1) is 12.7. The van der Waals surface area contributed by atoms with E-state index in [0.29, 0.717) is 27.0 Å². The molecule has 6 nitrogen and oxygen atoms in total. The largest absolute Gasteiger partial charge is 0.493 e. The first kappa shape index (κ1) is 17.0. The lowest BCUT2D eigenvalue weighted by atomic mass is 10.2. The number of nitrogens with one attached hydrogen (secondary N) is 1. The predicted molar refractivity (Wildman–Crippen MR) is 110 cm³/mol. The topological polar surface area (TPSA) is 77.3 Å². The summed E-state index contributed by atoms with van der Waals surface area (Å²) in [5.41, 5.74) is 1.26. The van der Waals surface area contributed by atoms with Gasteiger partial charge < -0.3 is 14.5 Å². The number of fused-ring (bicyclic) bond motifs is 1. The maximum atomic E-state index is 12.4. The van der Waals surface area contributed by atoms with E-state index in [9.17, 15) is 4.79 Å². The van der Waals surface area contributed by atoms with Crippen LogP contribution in [0.3, 0.4) is 0 Å². The van der Waals surface area contributed by atoms with Gasteiger partial charge >= 0.3 is 5.63 Å². The van der Waals surface area contributed by atoms with Crippen LogP contribution in [0.2, 0.25) is 0 Å². The molecule has 0 bridgehead atoms. The number of aromatic nitrogens is 2. The SMILES string of the molecule is COc1cccc2cc(-c3nnc(Nc4ccccc4I)s3)c(=O)oc12. The monoisotopic (exact) mass is 477 g/mol. The lowest BCUT2D eigenvalue weighted by Gasteiger charge is -2.04. The number of rotatable bonds is 4. The van der Waals surface area contributed by atoms with Gasteiger partial charge in [-0.1, -0.05) is 35.6 Å². The van der Waals surface area contributed by atoms with Crippen molar-refractivity contribution >= 4 is 55.7 Å². The molecule has 1 N–H and O–H groups in total. The van der Waals surface area contributed by atoms with Crippen molar-refractivity contribution in [1.82, 2.24) is 10.2 Å². The zero-order valence-corrected chi connectivity index (χ0v) is 16.5. The molecule has 0 radical (unpaired) electrons. The fraction of sp³-hybridized carbons (Fsp3) is 0.0556. The summed E-state index contributed by atoms with van der Waals surface area (Å²) < 4.78 is 11.8. The molecule has 0 aliphatic carbocycles. The Morgan fingerprint density at radius 3 is 2.81 bits per heavy atom. The molecule has 8 heteroatoms. The van der Waals surface area contributed by atoms with Gasteiger partial charge in [0.1, 0.15) is 0 Å². The average molecular weight is 477 g/mol. The number of para-hydroxylation sites is 2. The van der Waals surface area contributed by atoms with Gasteiger partial charge in [0.2, 0.25) is 5.13 Å². The van der Waals surface area contributed by atoms with Gasteiger partial charge in [0.15, 0.2) is 16.3 Å². The lowest BCUT2D eigenvalue weighted by Crippen LogP contribution is -2.03. The number of halogens is 1. The zero-order chi connectivity index (χ0) is 18.1. The highest BCUT2D eigenvalue weighted by molar-refractivity contribution is 14.1. The van der Waals surface area contributed by atoms with Gasteiger partial charge in [-0.3, -0.25) is 0 Å². The second-order valence-corrected chi connectivity index (χ2v) is 7.48. The molecule has 2 aromatic heterocycles. The van der Waals surface area contributed by atoms with Crippen LogP contribution in [0.15, 0.2) is 57.7 Å². The molecule has 0 spiro atoms. The van der Waals surface area contributed by atoms with Crippen LogP contribution in [0.1, 0.15) is 0 Å². The first-order valence-electron chi connectivity index (χ1n) is 7.62. The van der Waals surface area contributed by atoms with E-state index in [1.165, 1.54) is 18.4 Å². The Labute approximate surface area is 166 Å². The van der Waals surface area contributed by atoms with Crippen LogP contribution in [0, 0.1) is 3.57 Å². The fourth-order valence-corrected chi connectivity index (χ4v) is 3.77. The maximum absolute atomic E-state index is 12.4. The van der Waals surface area contributed by atoms with Gasteiger partial charge in [-0.25, -0.2) is 4.79 Å². The fourth-order valence-electron chi connectivity index (χ4n) is 2.49. The van der Waals surface area contributed by atoms with E-state index in [1.807, 2.05) is 36.4 Å². The van der Waals surface area contributed by atoms with E-state index < -0.39 is 5.63 Å². The number of hydrogen-bond donors (Lipinski definition) is 1. The van der Waals surface area contributed by atoms with Crippen LogP contribution in [0.4, 0.5) is 10.8 Å². The Hall–Kier alpha value is -2.46. The number of ether oxygens (including phenoxy) is 1. The molecule has 0 amide bonds. The molecular formula is C18H12IN3O3S. The minimum absolute atomic E-state index is 0.374. The normalized spacial score (nSPS) is 10.8. The molecular weight excluding hydrogens is 465 g/mol. The number of methoxy groups -OCH3 is 1. The van der Waals surface area contributed by atoms with E-state index in [4.69, 9.17) is 9.15 Å². The molecule has 2 heterocycles. The number of anilines is 2. The van der Waals surface area contributed by atoms with Gasteiger partial charge in [0.05, 0.1) is 18.4 Å². The summed E-state index contributed by atoms with van der Waals surface area (Å²) in [6, 6.07) is 15.1. The minimum atomic E-state index is -0.473. The Morgan fingerprint density at radius 2 is 2.00 bits per heavy atom. The molecule has 0 fully saturated rings.